The summed E-state index contributed by atoms with van der Waals surface area (Å²) in [5.41, 5.74) is 1.53. The van der Waals surface area contributed by atoms with E-state index in [2.05, 4.69) is 23.7 Å². The first-order chi connectivity index (χ1) is 15.9. The van der Waals surface area contributed by atoms with Crippen LogP contribution in [0.5, 0.6) is 0 Å². The third-order valence-corrected chi connectivity index (χ3v) is 10.5. The van der Waals surface area contributed by atoms with Crippen molar-refractivity contribution in [2.24, 2.45) is 17.3 Å². The number of likely N-dealkylation sites (tertiary alicyclic amines) is 1. The highest BCUT2D eigenvalue weighted by molar-refractivity contribution is 7.92. The summed E-state index contributed by atoms with van der Waals surface area (Å²) in [5, 5.41) is 4.74. The van der Waals surface area contributed by atoms with E-state index in [1.54, 1.807) is 0 Å². The van der Waals surface area contributed by atoms with E-state index >= 15 is 0 Å². The second-order valence-electron chi connectivity index (χ2n) is 11.2. The van der Waals surface area contributed by atoms with E-state index in [1.807, 2.05) is 10.7 Å². The van der Waals surface area contributed by atoms with Gasteiger partial charge in [-0.2, -0.15) is 18.3 Å². The van der Waals surface area contributed by atoms with Gasteiger partial charge in [0.15, 0.2) is 9.84 Å². The zero-order chi connectivity index (χ0) is 24.0. The van der Waals surface area contributed by atoms with Crippen LogP contribution in [0.2, 0.25) is 0 Å². The van der Waals surface area contributed by atoms with Gasteiger partial charge in [-0.3, -0.25) is 14.6 Å². The van der Waals surface area contributed by atoms with Crippen molar-refractivity contribution < 1.29 is 21.6 Å². The van der Waals surface area contributed by atoms with E-state index < -0.39 is 21.7 Å². The van der Waals surface area contributed by atoms with Gasteiger partial charge in [-0.05, 0) is 69.7 Å². The van der Waals surface area contributed by atoms with E-state index in [9.17, 15) is 21.6 Å². The molecule has 0 aromatic carbocycles. The lowest BCUT2D eigenvalue weighted by Gasteiger charge is -2.38. The SMILES string of the molecule is CC(C)n1nc(-c2ccc(C(F)(F)F)nc2)cc1[C@H]1[C@@H]2C[C@H](N3CCC4(C3)CS(=O)(=O)C4)C[C@@H]21. The molecule has 1 spiro atoms. The predicted octanol–water partition coefficient (Wildman–Crippen LogP) is 4.16. The summed E-state index contributed by atoms with van der Waals surface area (Å²) in [5.74, 6) is 2.34. The van der Waals surface area contributed by atoms with Gasteiger partial charge >= 0.3 is 6.18 Å². The van der Waals surface area contributed by atoms with E-state index in [0.717, 1.165) is 38.4 Å². The van der Waals surface area contributed by atoms with Crippen LogP contribution in [0.3, 0.4) is 0 Å². The normalized spacial score (nSPS) is 31.7. The highest BCUT2D eigenvalue weighted by Crippen LogP contribution is 2.64. The largest absolute Gasteiger partial charge is 0.433 e. The van der Waals surface area contributed by atoms with Gasteiger partial charge in [0.05, 0.1) is 17.2 Å². The quantitative estimate of drug-likeness (QED) is 0.639. The zero-order valence-corrected chi connectivity index (χ0v) is 20.1. The van der Waals surface area contributed by atoms with Crippen LogP contribution in [0.1, 0.15) is 56.5 Å². The fraction of sp³-hybridized carbons (Fsp3) is 0.667. The molecule has 0 N–H and O–H groups in total. The molecule has 6 rings (SSSR count). The maximum Gasteiger partial charge on any atom is 0.433 e. The molecule has 2 aliphatic carbocycles. The van der Waals surface area contributed by atoms with E-state index in [-0.39, 0.29) is 11.5 Å². The summed E-state index contributed by atoms with van der Waals surface area (Å²) < 4.78 is 64.1. The maximum absolute atomic E-state index is 12.9. The molecule has 2 aromatic rings. The summed E-state index contributed by atoms with van der Waals surface area (Å²) in [6, 6.07) is 5.17. The predicted molar refractivity (Wildman–Crippen MR) is 121 cm³/mol. The molecule has 2 saturated heterocycles. The molecule has 2 aromatic heterocycles. The van der Waals surface area contributed by atoms with Gasteiger partial charge in [0, 0.05) is 47.4 Å². The highest BCUT2D eigenvalue weighted by Gasteiger charge is 2.60. The molecule has 0 amide bonds. The number of sulfone groups is 1. The number of fused-ring (bicyclic) bond motifs is 1. The van der Waals surface area contributed by atoms with Gasteiger partial charge in [0.1, 0.15) is 5.69 Å². The van der Waals surface area contributed by atoms with Crippen molar-refractivity contribution in [3.8, 4) is 11.3 Å². The molecule has 0 radical (unpaired) electrons. The first kappa shape index (κ1) is 22.5. The molecule has 0 bridgehead atoms. The molecule has 4 atom stereocenters. The zero-order valence-electron chi connectivity index (χ0n) is 19.3. The van der Waals surface area contributed by atoms with Crippen LogP contribution in [0.25, 0.3) is 11.3 Å². The van der Waals surface area contributed by atoms with E-state index in [1.165, 1.54) is 18.0 Å². The number of hydrogen-bond donors (Lipinski definition) is 0. The average Bonchev–Trinajstić information content (AvgIpc) is 3.18. The van der Waals surface area contributed by atoms with Crippen molar-refractivity contribution in [3.05, 3.63) is 35.8 Å². The lowest BCUT2D eigenvalue weighted by Crippen LogP contribution is -2.50. The number of halogens is 3. The Kier molecular flexibility index (Phi) is 4.83. The van der Waals surface area contributed by atoms with Crippen LogP contribution in [0.15, 0.2) is 24.4 Å². The van der Waals surface area contributed by atoms with Crippen LogP contribution in [0, 0.1) is 17.3 Å². The van der Waals surface area contributed by atoms with Crippen molar-refractivity contribution in [2.45, 2.75) is 57.3 Å². The minimum absolute atomic E-state index is 0.00583. The van der Waals surface area contributed by atoms with E-state index in [0.29, 0.717) is 46.6 Å². The van der Waals surface area contributed by atoms with Crippen molar-refractivity contribution in [1.29, 1.82) is 0 Å². The number of rotatable bonds is 4. The smallest absolute Gasteiger partial charge is 0.300 e. The topological polar surface area (TPSA) is 68.1 Å². The van der Waals surface area contributed by atoms with Crippen LogP contribution in [0.4, 0.5) is 13.2 Å². The van der Waals surface area contributed by atoms with Gasteiger partial charge in [-0.1, -0.05) is 0 Å². The number of nitrogens with zero attached hydrogens (tertiary/aromatic N) is 4. The number of alkyl halides is 3. The van der Waals surface area contributed by atoms with Gasteiger partial charge in [0.25, 0.3) is 0 Å². The fourth-order valence-electron chi connectivity index (χ4n) is 6.88. The minimum Gasteiger partial charge on any atom is -0.300 e. The molecule has 4 heterocycles. The standard InChI is InChI=1S/C24H29F3N4O2S/c1-14(2)31-20(9-19(29-31)15-3-4-21(28-10-15)24(25,26)27)22-17-7-16(8-18(17)22)30-6-5-23(11-30)12-34(32,33)13-23/h3-4,9-10,14,16-18,22H,5-8,11-13H2,1-2H3/t16-,17+,18-,22-. The third-order valence-electron chi connectivity index (χ3n) is 8.40. The number of hydrogen-bond acceptors (Lipinski definition) is 5. The highest BCUT2D eigenvalue weighted by atomic mass is 32.2. The summed E-state index contributed by atoms with van der Waals surface area (Å²) in [6.07, 6.45) is 0.0431. The molecule has 4 aliphatic rings. The van der Waals surface area contributed by atoms with Gasteiger partial charge in [-0.25, -0.2) is 8.42 Å². The minimum atomic E-state index is -4.45. The summed E-state index contributed by atoms with van der Waals surface area (Å²) in [6.45, 7) is 6.06. The van der Waals surface area contributed by atoms with Gasteiger partial charge < -0.3 is 0 Å². The number of aromatic nitrogens is 3. The average molecular weight is 495 g/mol. The monoisotopic (exact) mass is 494 g/mol. The fourth-order valence-corrected chi connectivity index (χ4v) is 9.14. The molecule has 6 nitrogen and oxygen atoms in total. The Morgan fingerprint density at radius 2 is 1.85 bits per heavy atom. The van der Waals surface area contributed by atoms with Crippen molar-refractivity contribution >= 4 is 9.84 Å². The van der Waals surface area contributed by atoms with Crippen LogP contribution >= 0.6 is 0 Å². The first-order valence-corrected chi connectivity index (χ1v) is 13.8. The van der Waals surface area contributed by atoms with E-state index in [4.69, 9.17) is 5.10 Å². The lowest BCUT2D eigenvalue weighted by molar-refractivity contribution is -0.141. The molecule has 10 heteroatoms. The number of pyridine rings is 1. The van der Waals surface area contributed by atoms with Crippen LogP contribution < -0.4 is 0 Å². The summed E-state index contributed by atoms with van der Waals surface area (Å²) >= 11 is 0. The van der Waals surface area contributed by atoms with Crippen molar-refractivity contribution in [1.82, 2.24) is 19.7 Å². The molecule has 4 fully saturated rings. The molecular weight excluding hydrogens is 465 g/mol. The van der Waals surface area contributed by atoms with Crippen molar-refractivity contribution in [2.75, 3.05) is 24.6 Å². The Balaban J connectivity index is 1.15. The molecular formula is C24H29F3N4O2S. The van der Waals surface area contributed by atoms with Crippen LogP contribution in [-0.4, -0.2) is 58.7 Å². The van der Waals surface area contributed by atoms with Crippen LogP contribution in [-0.2, 0) is 16.0 Å². The Morgan fingerprint density at radius 1 is 1.15 bits per heavy atom. The molecule has 184 valence electrons. The first-order valence-electron chi connectivity index (χ1n) is 12.0. The maximum atomic E-state index is 12.9. The second-order valence-corrected chi connectivity index (χ2v) is 13.2. The molecule has 2 aliphatic heterocycles. The lowest BCUT2D eigenvalue weighted by atomic mass is 9.91. The Labute approximate surface area is 197 Å². The molecule has 34 heavy (non-hydrogen) atoms. The van der Waals surface area contributed by atoms with Gasteiger partial charge in [0.2, 0.25) is 0 Å². The van der Waals surface area contributed by atoms with Crippen molar-refractivity contribution in [3.63, 3.8) is 0 Å². The Hall–Kier alpha value is -1.94. The Bertz CT molecular complexity index is 1200. The molecule has 2 saturated carbocycles. The third kappa shape index (κ3) is 3.68. The Morgan fingerprint density at radius 3 is 2.41 bits per heavy atom. The molecule has 0 unspecified atom stereocenters. The summed E-state index contributed by atoms with van der Waals surface area (Å²) in [4.78, 5) is 6.12. The second kappa shape index (κ2) is 7.29. The van der Waals surface area contributed by atoms with Gasteiger partial charge in [-0.15, -0.1) is 0 Å². The summed E-state index contributed by atoms with van der Waals surface area (Å²) in [7, 11) is -2.81.